The lowest BCUT2D eigenvalue weighted by molar-refractivity contribution is 0.416. The molecular formula is C14H20ClNO2S2. The first kappa shape index (κ1) is 16.1. The van der Waals surface area contributed by atoms with Crippen molar-refractivity contribution in [3.05, 3.63) is 29.3 Å². The summed E-state index contributed by atoms with van der Waals surface area (Å²) in [6.45, 7) is 5.24. The summed E-state index contributed by atoms with van der Waals surface area (Å²) in [6.07, 6.45) is 0.998. The fourth-order valence-electron chi connectivity index (χ4n) is 2.26. The van der Waals surface area contributed by atoms with Gasteiger partial charge in [-0.25, -0.2) is 8.42 Å². The van der Waals surface area contributed by atoms with Crippen LogP contribution in [-0.4, -0.2) is 36.8 Å². The van der Waals surface area contributed by atoms with Gasteiger partial charge in [0.05, 0.1) is 4.90 Å². The van der Waals surface area contributed by atoms with E-state index in [0.717, 1.165) is 23.3 Å². The number of hydrogen-bond donors (Lipinski definition) is 0. The second kappa shape index (κ2) is 6.69. The highest BCUT2D eigenvalue weighted by molar-refractivity contribution is 8.00. The quantitative estimate of drug-likeness (QED) is 0.794. The summed E-state index contributed by atoms with van der Waals surface area (Å²) >= 11 is 7.74. The summed E-state index contributed by atoms with van der Waals surface area (Å²) in [6, 6.07) is 5.23. The molecule has 0 radical (unpaired) electrons. The Hall–Kier alpha value is -0.230. The van der Waals surface area contributed by atoms with E-state index in [-0.39, 0.29) is 0 Å². The number of aryl methyl sites for hydroxylation is 1. The standard InChI is InChI=1S/C14H20ClNO2S2/c1-3-13-10-16(6-7-19-13)20(17,18)14-5-4-11(2)12(8-14)9-15/h4-5,8,13H,3,6-7,9-10H2,1-2H3. The largest absolute Gasteiger partial charge is 0.243 e. The topological polar surface area (TPSA) is 37.4 Å². The normalized spacial score (nSPS) is 21.1. The molecular weight excluding hydrogens is 314 g/mol. The number of halogens is 1. The van der Waals surface area contributed by atoms with Crippen LogP contribution in [0.5, 0.6) is 0 Å². The minimum absolute atomic E-state index is 0.336. The van der Waals surface area contributed by atoms with Crippen molar-refractivity contribution in [2.75, 3.05) is 18.8 Å². The third-order valence-electron chi connectivity index (χ3n) is 3.66. The molecule has 112 valence electrons. The molecule has 6 heteroatoms. The Kier molecular flexibility index (Phi) is 5.40. The number of thioether (sulfide) groups is 1. The molecule has 0 amide bonds. The van der Waals surface area contributed by atoms with E-state index in [2.05, 4.69) is 6.92 Å². The van der Waals surface area contributed by atoms with Gasteiger partial charge < -0.3 is 0 Å². The Morgan fingerprint density at radius 1 is 1.45 bits per heavy atom. The Morgan fingerprint density at radius 2 is 2.20 bits per heavy atom. The Morgan fingerprint density at radius 3 is 2.85 bits per heavy atom. The number of hydrogen-bond acceptors (Lipinski definition) is 3. The number of sulfonamides is 1. The highest BCUT2D eigenvalue weighted by atomic mass is 35.5. The summed E-state index contributed by atoms with van der Waals surface area (Å²) in [5.74, 6) is 1.20. The lowest BCUT2D eigenvalue weighted by Gasteiger charge is -2.31. The molecule has 1 aromatic carbocycles. The van der Waals surface area contributed by atoms with E-state index in [1.807, 2.05) is 24.8 Å². The number of benzene rings is 1. The van der Waals surface area contributed by atoms with Gasteiger partial charge in [-0.1, -0.05) is 13.0 Å². The van der Waals surface area contributed by atoms with Gasteiger partial charge in [0.25, 0.3) is 0 Å². The first-order valence-corrected chi connectivity index (χ1v) is 9.78. The smallest absolute Gasteiger partial charge is 0.207 e. The van der Waals surface area contributed by atoms with E-state index in [9.17, 15) is 8.42 Å². The molecule has 1 aliphatic heterocycles. The summed E-state index contributed by atoms with van der Waals surface area (Å²) in [5, 5.41) is 0.400. The molecule has 0 aromatic heterocycles. The molecule has 1 atom stereocenters. The van der Waals surface area contributed by atoms with Crippen LogP contribution >= 0.6 is 23.4 Å². The number of alkyl halides is 1. The molecule has 1 aromatic rings. The monoisotopic (exact) mass is 333 g/mol. The second-order valence-electron chi connectivity index (χ2n) is 4.99. The van der Waals surface area contributed by atoms with Crippen LogP contribution in [0.4, 0.5) is 0 Å². The zero-order valence-electron chi connectivity index (χ0n) is 11.8. The SMILES string of the molecule is CCC1CN(S(=O)(=O)c2ccc(C)c(CCl)c2)CCS1. The van der Waals surface area contributed by atoms with E-state index in [1.54, 1.807) is 16.4 Å². The Balaban J connectivity index is 2.30. The summed E-state index contributed by atoms with van der Waals surface area (Å²) in [7, 11) is -3.39. The Labute approximate surface area is 130 Å². The number of rotatable bonds is 4. The van der Waals surface area contributed by atoms with Crippen molar-refractivity contribution in [1.82, 2.24) is 4.31 Å². The lowest BCUT2D eigenvalue weighted by Crippen LogP contribution is -2.41. The van der Waals surface area contributed by atoms with Gasteiger partial charge in [-0.15, -0.1) is 11.6 Å². The molecule has 0 spiro atoms. The number of nitrogens with zero attached hydrogens (tertiary/aromatic N) is 1. The minimum atomic E-state index is -3.39. The zero-order valence-corrected chi connectivity index (χ0v) is 14.2. The third-order valence-corrected chi connectivity index (χ3v) is 7.18. The van der Waals surface area contributed by atoms with Crippen molar-refractivity contribution < 1.29 is 8.42 Å². The average Bonchev–Trinajstić information content (AvgIpc) is 2.47. The zero-order chi connectivity index (χ0) is 14.8. The van der Waals surface area contributed by atoms with Crippen molar-refractivity contribution in [2.45, 2.75) is 36.3 Å². The van der Waals surface area contributed by atoms with Crippen molar-refractivity contribution >= 4 is 33.4 Å². The molecule has 1 aliphatic rings. The minimum Gasteiger partial charge on any atom is -0.207 e. The van der Waals surface area contributed by atoms with Crippen LogP contribution in [0.2, 0.25) is 0 Å². The van der Waals surface area contributed by atoms with Gasteiger partial charge in [0, 0.05) is 30.0 Å². The fourth-order valence-corrected chi connectivity index (χ4v) is 5.47. The van der Waals surface area contributed by atoms with Crippen molar-refractivity contribution in [3.8, 4) is 0 Å². The van der Waals surface area contributed by atoms with E-state index in [0.29, 0.717) is 29.1 Å². The fraction of sp³-hybridized carbons (Fsp3) is 0.571. The third kappa shape index (κ3) is 3.32. The van der Waals surface area contributed by atoms with Crippen LogP contribution < -0.4 is 0 Å². The van der Waals surface area contributed by atoms with Crippen molar-refractivity contribution in [1.29, 1.82) is 0 Å². The van der Waals surface area contributed by atoms with Gasteiger partial charge in [-0.2, -0.15) is 16.1 Å². The van der Waals surface area contributed by atoms with Gasteiger partial charge in [0.1, 0.15) is 0 Å². The summed E-state index contributed by atoms with van der Waals surface area (Å²) in [4.78, 5) is 0.362. The maximum atomic E-state index is 12.7. The predicted molar refractivity (Wildman–Crippen MR) is 86.0 cm³/mol. The maximum Gasteiger partial charge on any atom is 0.243 e. The molecule has 2 rings (SSSR count). The molecule has 1 saturated heterocycles. The van der Waals surface area contributed by atoms with Crippen molar-refractivity contribution in [3.63, 3.8) is 0 Å². The van der Waals surface area contributed by atoms with Crippen LogP contribution in [0.3, 0.4) is 0 Å². The predicted octanol–water partition coefficient (Wildman–Crippen LogP) is 3.25. The molecule has 0 aliphatic carbocycles. The molecule has 1 fully saturated rings. The Bertz CT molecular complexity index is 575. The van der Waals surface area contributed by atoms with Crippen LogP contribution in [0, 0.1) is 6.92 Å². The maximum absolute atomic E-state index is 12.7. The molecule has 0 saturated carbocycles. The highest BCUT2D eigenvalue weighted by Crippen LogP contribution is 2.27. The van der Waals surface area contributed by atoms with Gasteiger partial charge in [-0.05, 0) is 36.6 Å². The molecule has 20 heavy (non-hydrogen) atoms. The van der Waals surface area contributed by atoms with Gasteiger partial charge in [-0.3, -0.25) is 0 Å². The first-order valence-electron chi connectivity index (χ1n) is 6.76. The van der Waals surface area contributed by atoms with E-state index >= 15 is 0 Å². The molecule has 3 nitrogen and oxygen atoms in total. The van der Waals surface area contributed by atoms with Gasteiger partial charge in [0.15, 0.2) is 0 Å². The highest BCUT2D eigenvalue weighted by Gasteiger charge is 2.30. The average molecular weight is 334 g/mol. The molecule has 0 bridgehead atoms. The molecule has 1 unspecified atom stereocenters. The van der Waals surface area contributed by atoms with Crippen molar-refractivity contribution in [2.24, 2.45) is 0 Å². The van der Waals surface area contributed by atoms with Gasteiger partial charge >= 0.3 is 0 Å². The molecule has 1 heterocycles. The van der Waals surface area contributed by atoms with E-state index < -0.39 is 10.0 Å². The van der Waals surface area contributed by atoms with E-state index in [1.165, 1.54) is 0 Å². The van der Waals surface area contributed by atoms with Crippen LogP contribution in [-0.2, 0) is 15.9 Å². The second-order valence-corrected chi connectivity index (χ2v) is 8.60. The summed E-state index contributed by atoms with van der Waals surface area (Å²) in [5.41, 5.74) is 1.91. The van der Waals surface area contributed by atoms with Crippen LogP contribution in [0.1, 0.15) is 24.5 Å². The summed E-state index contributed by atoms with van der Waals surface area (Å²) < 4.78 is 27.0. The van der Waals surface area contributed by atoms with Crippen LogP contribution in [0.15, 0.2) is 23.1 Å². The van der Waals surface area contributed by atoms with Gasteiger partial charge in [0.2, 0.25) is 10.0 Å². The lowest BCUT2D eigenvalue weighted by atomic mass is 10.1. The molecule has 0 N–H and O–H groups in total. The van der Waals surface area contributed by atoms with Crippen LogP contribution in [0.25, 0.3) is 0 Å². The first-order chi connectivity index (χ1) is 9.48. The van der Waals surface area contributed by atoms with E-state index in [4.69, 9.17) is 11.6 Å².